The molecule has 2 aliphatic rings. The standard InChI is InChI=1S/C27H29F3N2O5/c1-25(2,24(34)35)36-20-13-11-18(12-14-20)7-5-10-22-26(15-3-4-16-26)23(33)32(31-22)19-8-6-9-21(17-19)37-27(28,29)30/h6,8-9,11-14,17H,3-5,7,10,15-16H2,1-2H3,(H,34,35). The number of anilines is 1. The molecule has 2 aromatic carbocycles. The summed E-state index contributed by atoms with van der Waals surface area (Å²) < 4.78 is 47.6. The molecule has 1 heterocycles. The number of carboxylic acids is 1. The van der Waals surface area contributed by atoms with Crippen LogP contribution in [0.25, 0.3) is 0 Å². The van der Waals surface area contributed by atoms with Gasteiger partial charge in [-0.25, -0.2) is 4.79 Å². The van der Waals surface area contributed by atoms with Crippen molar-refractivity contribution in [3.63, 3.8) is 0 Å². The van der Waals surface area contributed by atoms with Gasteiger partial charge in [0.2, 0.25) is 0 Å². The number of rotatable bonds is 9. The highest BCUT2D eigenvalue weighted by Gasteiger charge is 2.52. The maximum absolute atomic E-state index is 13.5. The van der Waals surface area contributed by atoms with E-state index in [0.717, 1.165) is 30.5 Å². The number of alkyl halides is 3. The number of hydrogen-bond donors (Lipinski definition) is 1. The molecule has 1 fully saturated rings. The van der Waals surface area contributed by atoms with E-state index in [1.807, 2.05) is 12.1 Å². The van der Waals surface area contributed by atoms with Crippen molar-refractivity contribution in [3.8, 4) is 11.5 Å². The lowest BCUT2D eigenvalue weighted by molar-refractivity contribution is -0.274. The van der Waals surface area contributed by atoms with E-state index in [1.54, 1.807) is 18.2 Å². The molecule has 0 unspecified atom stereocenters. The average molecular weight is 519 g/mol. The van der Waals surface area contributed by atoms with E-state index in [0.29, 0.717) is 31.4 Å². The molecule has 1 aliphatic heterocycles. The maximum atomic E-state index is 13.5. The van der Waals surface area contributed by atoms with Gasteiger partial charge in [0.1, 0.15) is 11.5 Å². The summed E-state index contributed by atoms with van der Waals surface area (Å²) in [6, 6.07) is 12.5. The molecule has 37 heavy (non-hydrogen) atoms. The third-order valence-corrected chi connectivity index (χ3v) is 6.82. The zero-order valence-corrected chi connectivity index (χ0v) is 20.7. The lowest BCUT2D eigenvalue weighted by atomic mass is 9.78. The third-order valence-electron chi connectivity index (χ3n) is 6.82. The average Bonchev–Trinajstić information content (AvgIpc) is 3.41. The van der Waals surface area contributed by atoms with Crippen LogP contribution in [0.2, 0.25) is 0 Å². The molecule has 0 aromatic heterocycles. The fourth-order valence-corrected chi connectivity index (χ4v) is 4.87. The number of aliphatic carboxylic acids is 1. The fourth-order valence-electron chi connectivity index (χ4n) is 4.87. The van der Waals surface area contributed by atoms with Gasteiger partial charge in [0.25, 0.3) is 5.91 Å². The Morgan fingerprint density at radius 1 is 1.03 bits per heavy atom. The summed E-state index contributed by atoms with van der Waals surface area (Å²) in [5, 5.41) is 15.0. The number of benzene rings is 2. The predicted molar refractivity (Wildman–Crippen MR) is 131 cm³/mol. The first-order chi connectivity index (χ1) is 17.4. The molecule has 2 aromatic rings. The largest absolute Gasteiger partial charge is 0.573 e. The number of ether oxygens (including phenoxy) is 2. The van der Waals surface area contributed by atoms with Crippen molar-refractivity contribution in [2.24, 2.45) is 10.5 Å². The molecule has 0 bridgehead atoms. The molecule has 0 saturated heterocycles. The molecule has 1 amide bonds. The smallest absolute Gasteiger partial charge is 0.478 e. The molecular weight excluding hydrogens is 489 g/mol. The molecule has 0 radical (unpaired) electrons. The van der Waals surface area contributed by atoms with Crippen LogP contribution in [0.1, 0.15) is 57.9 Å². The Morgan fingerprint density at radius 2 is 1.70 bits per heavy atom. The van der Waals surface area contributed by atoms with Crippen molar-refractivity contribution in [1.29, 1.82) is 0 Å². The number of amides is 1. The second-order valence-electron chi connectivity index (χ2n) is 9.91. The number of carbonyl (C=O) groups is 2. The van der Waals surface area contributed by atoms with Crippen molar-refractivity contribution >= 4 is 23.3 Å². The minimum absolute atomic E-state index is 0.202. The Labute approximate surface area is 212 Å². The van der Waals surface area contributed by atoms with Gasteiger partial charge in [-0.15, -0.1) is 13.2 Å². The highest BCUT2D eigenvalue weighted by molar-refractivity contribution is 6.19. The normalized spacial score (nSPS) is 17.3. The summed E-state index contributed by atoms with van der Waals surface area (Å²) >= 11 is 0. The van der Waals surface area contributed by atoms with Gasteiger partial charge in [0, 0.05) is 6.07 Å². The summed E-state index contributed by atoms with van der Waals surface area (Å²) in [6.07, 6.45) is 0.307. The predicted octanol–water partition coefficient (Wildman–Crippen LogP) is 6.11. The molecular formula is C27H29F3N2O5. The maximum Gasteiger partial charge on any atom is 0.573 e. The first kappa shape index (κ1) is 26.5. The van der Waals surface area contributed by atoms with Crippen molar-refractivity contribution in [2.75, 3.05) is 5.01 Å². The van der Waals surface area contributed by atoms with Gasteiger partial charge in [0.15, 0.2) is 5.60 Å². The molecule has 4 rings (SSSR count). The van der Waals surface area contributed by atoms with Crippen LogP contribution in [0, 0.1) is 5.41 Å². The zero-order chi connectivity index (χ0) is 26.8. The summed E-state index contributed by atoms with van der Waals surface area (Å²) in [5.74, 6) is -1.20. The number of carboxylic acid groups (broad SMARTS) is 1. The van der Waals surface area contributed by atoms with Crippen LogP contribution in [-0.4, -0.2) is 34.7 Å². The van der Waals surface area contributed by atoms with E-state index in [4.69, 9.17) is 4.74 Å². The Hall–Kier alpha value is -3.56. The van der Waals surface area contributed by atoms with Crippen LogP contribution in [0.15, 0.2) is 53.6 Å². The number of carbonyl (C=O) groups excluding carboxylic acids is 1. The molecule has 1 spiro atoms. The Bertz CT molecular complexity index is 1190. The molecule has 1 aliphatic carbocycles. The zero-order valence-electron chi connectivity index (χ0n) is 20.7. The number of nitrogens with zero attached hydrogens (tertiary/aromatic N) is 2. The Kier molecular flexibility index (Phi) is 7.21. The van der Waals surface area contributed by atoms with Crippen molar-refractivity contribution in [3.05, 3.63) is 54.1 Å². The van der Waals surface area contributed by atoms with E-state index in [2.05, 4.69) is 9.84 Å². The number of hydrogen-bond acceptors (Lipinski definition) is 5. The van der Waals surface area contributed by atoms with Gasteiger partial charge in [-0.1, -0.05) is 31.0 Å². The fraction of sp³-hybridized carbons (Fsp3) is 0.444. The van der Waals surface area contributed by atoms with Gasteiger partial charge in [-0.05, 0) is 75.8 Å². The highest BCUT2D eigenvalue weighted by atomic mass is 19.4. The van der Waals surface area contributed by atoms with Gasteiger partial charge in [-0.2, -0.15) is 10.1 Å². The molecule has 10 heteroatoms. The van der Waals surface area contributed by atoms with E-state index in [9.17, 15) is 27.9 Å². The Balaban J connectivity index is 1.45. The Morgan fingerprint density at radius 3 is 2.32 bits per heavy atom. The minimum atomic E-state index is -4.83. The quantitative estimate of drug-likeness (QED) is 0.433. The molecule has 198 valence electrons. The van der Waals surface area contributed by atoms with Crippen LogP contribution in [0.4, 0.5) is 18.9 Å². The summed E-state index contributed by atoms with van der Waals surface area (Å²) in [6.45, 7) is 2.96. The first-order valence-electron chi connectivity index (χ1n) is 12.2. The highest BCUT2D eigenvalue weighted by Crippen LogP contribution is 2.47. The van der Waals surface area contributed by atoms with Crippen LogP contribution in [-0.2, 0) is 16.0 Å². The lowest BCUT2D eigenvalue weighted by Crippen LogP contribution is -2.37. The topological polar surface area (TPSA) is 88.4 Å². The number of hydrazone groups is 1. The molecule has 0 atom stereocenters. The monoisotopic (exact) mass is 518 g/mol. The summed E-state index contributed by atoms with van der Waals surface area (Å²) in [5.41, 5.74) is -0.0110. The SMILES string of the molecule is CC(C)(Oc1ccc(CCCC2=NN(c3cccc(OC(F)(F)F)c3)C(=O)C23CCCC3)cc1)C(=O)O. The summed E-state index contributed by atoms with van der Waals surface area (Å²) in [7, 11) is 0. The molecule has 1 N–H and O–H groups in total. The van der Waals surface area contributed by atoms with E-state index < -0.39 is 29.1 Å². The van der Waals surface area contributed by atoms with Gasteiger partial charge in [0.05, 0.1) is 16.8 Å². The van der Waals surface area contributed by atoms with Crippen LogP contribution in [0.3, 0.4) is 0 Å². The van der Waals surface area contributed by atoms with Crippen LogP contribution in [0.5, 0.6) is 11.5 Å². The van der Waals surface area contributed by atoms with Crippen molar-refractivity contribution in [2.45, 2.75) is 70.8 Å². The second kappa shape index (κ2) is 10.1. The summed E-state index contributed by atoms with van der Waals surface area (Å²) in [4.78, 5) is 24.7. The number of halogens is 3. The van der Waals surface area contributed by atoms with E-state index >= 15 is 0 Å². The van der Waals surface area contributed by atoms with Crippen LogP contribution < -0.4 is 14.5 Å². The van der Waals surface area contributed by atoms with Crippen LogP contribution >= 0.6 is 0 Å². The van der Waals surface area contributed by atoms with Gasteiger partial charge >= 0.3 is 12.3 Å². The minimum Gasteiger partial charge on any atom is -0.478 e. The number of aryl methyl sites for hydroxylation is 1. The van der Waals surface area contributed by atoms with Crippen molar-refractivity contribution < 1.29 is 37.3 Å². The molecule has 1 saturated carbocycles. The van der Waals surface area contributed by atoms with E-state index in [-0.39, 0.29) is 11.6 Å². The first-order valence-corrected chi connectivity index (χ1v) is 12.2. The van der Waals surface area contributed by atoms with Crippen molar-refractivity contribution in [1.82, 2.24) is 0 Å². The second-order valence-corrected chi connectivity index (χ2v) is 9.91. The van der Waals surface area contributed by atoms with Gasteiger partial charge < -0.3 is 14.6 Å². The third kappa shape index (κ3) is 5.89. The van der Waals surface area contributed by atoms with Gasteiger partial charge in [-0.3, -0.25) is 4.79 Å². The molecule has 7 nitrogen and oxygen atoms in total. The van der Waals surface area contributed by atoms with E-state index in [1.165, 1.54) is 37.1 Å². The lowest BCUT2D eigenvalue weighted by Gasteiger charge is -2.24.